The Labute approximate surface area is 369 Å². The van der Waals surface area contributed by atoms with E-state index in [1.165, 1.54) is 6.92 Å². The third-order valence-corrected chi connectivity index (χ3v) is 17.4. The molecule has 3 saturated carbocycles. The molecule has 362 valence electrons. The summed E-state index contributed by atoms with van der Waals surface area (Å²) in [6, 6.07) is 0. The number of rotatable bonds is 11. The Kier molecular flexibility index (Phi) is 14.0. The molecular weight excluding hydrogens is 828 g/mol. The fraction of sp³-hybridized carbons (Fsp3) is 0.956. The van der Waals surface area contributed by atoms with Crippen molar-refractivity contribution in [2.24, 2.45) is 46.3 Å². The minimum atomic E-state index is -1.71. The van der Waals surface area contributed by atoms with Crippen LogP contribution < -0.4 is 0 Å². The van der Waals surface area contributed by atoms with E-state index >= 15 is 0 Å². The summed E-state index contributed by atoms with van der Waals surface area (Å²) in [5, 5.41) is 118. The van der Waals surface area contributed by atoms with E-state index in [1.807, 2.05) is 6.92 Å². The molecule has 8 rings (SSSR count). The summed E-state index contributed by atoms with van der Waals surface area (Å²) in [6.45, 7) is 11.3. The highest BCUT2D eigenvalue weighted by Crippen LogP contribution is 2.70. The highest BCUT2D eigenvalue weighted by atomic mass is 16.8. The van der Waals surface area contributed by atoms with Crippen molar-refractivity contribution < 1.29 is 89.3 Å². The van der Waals surface area contributed by atoms with Gasteiger partial charge in [-0.15, -0.1) is 0 Å². The van der Waals surface area contributed by atoms with Gasteiger partial charge in [-0.05, 0) is 87.4 Å². The molecule has 63 heavy (non-hydrogen) atoms. The van der Waals surface area contributed by atoms with Gasteiger partial charge in [0.25, 0.3) is 0 Å². The molecule has 0 spiro atoms. The highest BCUT2D eigenvalue weighted by molar-refractivity contribution is 5.29. The SMILES string of the molecule is C[C@H](CC[C@@]1(O)O[C@H]2CC3C4CC=C5C[C@@H](O)C[C@@H](O[C@@H]6O[C@H](CO)[C@H](O)[C@H](O)[C@H]6O[C@H]6O[C@H](C)[C@@H](O)[C@H](O)[C@@H]6O)[C@]5(C)C4CC[C@]3(C)[C@H]2[C@@H]1C)CO[C@@H]1O[C@@H](C)[C@H](O)[C@@H](O)[C@H]1O. The van der Waals surface area contributed by atoms with Gasteiger partial charge in [-0.3, -0.25) is 0 Å². The van der Waals surface area contributed by atoms with E-state index in [1.54, 1.807) is 6.92 Å². The Morgan fingerprint density at radius 3 is 2.08 bits per heavy atom. The number of allylic oxidation sites excluding steroid dienone is 1. The van der Waals surface area contributed by atoms with E-state index in [2.05, 4.69) is 26.8 Å². The van der Waals surface area contributed by atoms with Gasteiger partial charge in [0.2, 0.25) is 0 Å². The molecule has 27 atom stereocenters. The van der Waals surface area contributed by atoms with Gasteiger partial charge in [0, 0.05) is 24.2 Å². The Bertz CT molecular complexity index is 1620. The van der Waals surface area contributed by atoms with Crippen LogP contribution in [0.15, 0.2) is 11.6 Å². The predicted molar refractivity (Wildman–Crippen MR) is 218 cm³/mol. The average Bonchev–Trinajstić information content (AvgIpc) is 3.68. The second-order valence-electron chi connectivity index (χ2n) is 21.1. The van der Waals surface area contributed by atoms with Crippen LogP contribution in [0.5, 0.6) is 0 Å². The van der Waals surface area contributed by atoms with Crippen LogP contribution in [0, 0.1) is 46.3 Å². The van der Waals surface area contributed by atoms with Crippen LogP contribution in [-0.4, -0.2) is 186 Å². The van der Waals surface area contributed by atoms with Gasteiger partial charge >= 0.3 is 0 Å². The predicted octanol–water partition coefficient (Wildman–Crippen LogP) is -0.833. The lowest BCUT2D eigenvalue weighted by Gasteiger charge is -2.60. The van der Waals surface area contributed by atoms with Crippen molar-refractivity contribution in [2.45, 2.75) is 209 Å². The molecule has 11 N–H and O–H groups in total. The molecule has 7 fully saturated rings. The minimum absolute atomic E-state index is 0.0335. The topological polar surface area (TPSA) is 287 Å². The Morgan fingerprint density at radius 2 is 1.41 bits per heavy atom. The molecule has 3 unspecified atom stereocenters. The van der Waals surface area contributed by atoms with Crippen LogP contribution in [0.4, 0.5) is 0 Å². The zero-order chi connectivity index (χ0) is 45.7. The van der Waals surface area contributed by atoms with Crippen LogP contribution in [-0.2, 0) is 33.2 Å². The third-order valence-electron chi connectivity index (χ3n) is 17.4. The van der Waals surface area contributed by atoms with Gasteiger partial charge in [-0.2, -0.15) is 0 Å². The molecule has 0 aromatic carbocycles. The molecule has 0 amide bonds. The highest BCUT2D eigenvalue weighted by Gasteiger charge is 2.69. The molecule has 4 saturated heterocycles. The van der Waals surface area contributed by atoms with Crippen LogP contribution >= 0.6 is 0 Å². The molecule has 4 aliphatic heterocycles. The molecule has 0 radical (unpaired) electrons. The van der Waals surface area contributed by atoms with Crippen molar-refractivity contribution in [3.63, 3.8) is 0 Å². The first kappa shape index (κ1) is 48.5. The fourth-order valence-corrected chi connectivity index (χ4v) is 13.6. The zero-order valence-corrected chi connectivity index (χ0v) is 37.3. The van der Waals surface area contributed by atoms with Crippen molar-refractivity contribution in [2.75, 3.05) is 13.2 Å². The van der Waals surface area contributed by atoms with Crippen molar-refractivity contribution in [3.05, 3.63) is 11.6 Å². The summed E-state index contributed by atoms with van der Waals surface area (Å²) in [5.74, 6) is -0.820. The minimum Gasteiger partial charge on any atom is -0.394 e. The summed E-state index contributed by atoms with van der Waals surface area (Å²) in [7, 11) is 0. The van der Waals surface area contributed by atoms with Gasteiger partial charge < -0.3 is 89.3 Å². The second-order valence-corrected chi connectivity index (χ2v) is 21.1. The summed E-state index contributed by atoms with van der Waals surface area (Å²) in [5.41, 5.74) is 0.341. The summed E-state index contributed by atoms with van der Waals surface area (Å²) in [4.78, 5) is 0. The smallest absolute Gasteiger partial charge is 0.187 e. The largest absolute Gasteiger partial charge is 0.394 e. The molecule has 18 nitrogen and oxygen atoms in total. The van der Waals surface area contributed by atoms with Crippen molar-refractivity contribution in [1.29, 1.82) is 0 Å². The first-order valence-electron chi connectivity index (χ1n) is 23.4. The lowest BCUT2D eigenvalue weighted by molar-refractivity contribution is -0.374. The monoisotopic (exact) mass is 902 g/mol. The lowest BCUT2D eigenvalue weighted by Crippen LogP contribution is -2.65. The van der Waals surface area contributed by atoms with E-state index in [4.69, 9.17) is 33.2 Å². The molecular formula is C45H74O18. The van der Waals surface area contributed by atoms with Gasteiger partial charge in [0.05, 0.1) is 43.7 Å². The number of aliphatic hydroxyl groups is 11. The number of hydrogen-bond donors (Lipinski definition) is 11. The van der Waals surface area contributed by atoms with Crippen molar-refractivity contribution >= 4 is 0 Å². The molecule has 0 bridgehead atoms. The first-order valence-corrected chi connectivity index (χ1v) is 23.4. The Balaban J connectivity index is 0.957. The van der Waals surface area contributed by atoms with E-state index in [-0.39, 0.29) is 60.1 Å². The zero-order valence-electron chi connectivity index (χ0n) is 37.3. The quantitative estimate of drug-likeness (QED) is 0.113. The van der Waals surface area contributed by atoms with Gasteiger partial charge in [0.1, 0.15) is 61.0 Å². The average molecular weight is 903 g/mol. The maximum Gasteiger partial charge on any atom is 0.187 e. The first-order chi connectivity index (χ1) is 29.6. The van der Waals surface area contributed by atoms with Crippen LogP contribution in [0.1, 0.15) is 92.9 Å². The Morgan fingerprint density at radius 1 is 0.762 bits per heavy atom. The number of fused-ring (bicyclic) bond motifs is 7. The molecule has 8 aliphatic rings. The number of hydrogen-bond acceptors (Lipinski definition) is 18. The lowest BCUT2D eigenvalue weighted by atomic mass is 9.46. The van der Waals surface area contributed by atoms with Crippen LogP contribution in [0.2, 0.25) is 0 Å². The summed E-state index contributed by atoms with van der Waals surface area (Å²) < 4.78 is 42.8. The molecule has 0 aromatic rings. The molecule has 0 aromatic heterocycles. The maximum absolute atomic E-state index is 12.1. The molecule has 18 heteroatoms. The van der Waals surface area contributed by atoms with Gasteiger partial charge in [-0.25, -0.2) is 0 Å². The maximum atomic E-state index is 12.1. The van der Waals surface area contributed by atoms with Crippen molar-refractivity contribution in [1.82, 2.24) is 0 Å². The molecule has 4 heterocycles. The standard InChI is InChI=1S/C45H74O18/c1-18(17-57-40-37(54)34(51)31(48)20(3)58-40)9-12-45(56)19(2)30-27(63-45)15-26-24-8-7-22-13-23(47)14-29(44(22,6)25(24)10-11-43(26,30)5)61-42-39(36(53)33(50)28(16-46)60-42)62-41-38(55)35(52)32(49)21(4)59-41/h7,18-21,23-42,46-56H,8-17H2,1-6H3/t18-,19+,20+,21-,23-,24?,25?,26?,27+,28-,29-,30+,31+,32-,33+,34-,35+,36+,37-,38+,39-,40-,41-,42+,43+,44+,45-/m1/s1. The second kappa shape index (κ2) is 18.2. The fourth-order valence-electron chi connectivity index (χ4n) is 13.6. The van der Waals surface area contributed by atoms with Gasteiger partial charge in [0.15, 0.2) is 24.7 Å². The van der Waals surface area contributed by atoms with E-state index in [9.17, 15) is 56.2 Å². The van der Waals surface area contributed by atoms with Crippen molar-refractivity contribution in [3.8, 4) is 0 Å². The normalized spacial score (nSPS) is 56.2. The molecule has 4 aliphatic carbocycles. The van der Waals surface area contributed by atoms with Gasteiger partial charge in [-0.1, -0.05) is 39.3 Å². The van der Waals surface area contributed by atoms with Crippen LogP contribution in [0.25, 0.3) is 0 Å². The summed E-state index contributed by atoms with van der Waals surface area (Å²) in [6.07, 6.45) is -14.6. The Hall–Kier alpha value is -0.980. The number of aliphatic hydroxyl groups excluding tert-OH is 10. The van der Waals surface area contributed by atoms with E-state index in [0.717, 1.165) is 31.3 Å². The van der Waals surface area contributed by atoms with Crippen LogP contribution in [0.3, 0.4) is 0 Å². The summed E-state index contributed by atoms with van der Waals surface area (Å²) >= 11 is 0. The van der Waals surface area contributed by atoms with E-state index < -0.39 is 122 Å². The van der Waals surface area contributed by atoms with E-state index in [0.29, 0.717) is 19.3 Å². The third kappa shape index (κ3) is 8.30. The number of ether oxygens (including phenoxy) is 7.